The number of halogens is 1. The average Bonchev–Trinajstić information content (AvgIpc) is 3.60. The second-order valence-corrected chi connectivity index (χ2v) is 16.5. The molecule has 4 unspecified atom stereocenters. The van der Waals surface area contributed by atoms with Crippen LogP contribution in [0.3, 0.4) is 0 Å². The standard InChI is InChI=1S/C15H20N4O5S.C14H16ClNO5S/c1-8-4-3-5-12(8)25(23,24)13-6-9(2)10(7-11(13)19(21)22)14(20)18-15(16)17;1-8-4-3-5-12(8)22(20,21)13-6-9(2)10(14(15)17)7-11(13)16(18)19/h6-8,12H,3-5H2,1-2H3,(H4,16,17,18,20);6-8,12H,3-5H2,1-2H3. The van der Waals surface area contributed by atoms with E-state index in [1.807, 2.05) is 13.8 Å². The summed E-state index contributed by atoms with van der Waals surface area (Å²) in [7, 11) is -7.71. The highest BCUT2D eigenvalue weighted by atomic mass is 35.5. The van der Waals surface area contributed by atoms with Crippen molar-refractivity contribution in [2.75, 3.05) is 0 Å². The molecule has 2 aromatic rings. The van der Waals surface area contributed by atoms with E-state index in [0.717, 1.165) is 43.9 Å². The lowest BCUT2D eigenvalue weighted by Gasteiger charge is -2.17. The first-order chi connectivity index (χ1) is 21.7. The highest BCUT2D eigenvalue weighted by Crippen LogP contribution is 2.40. The van der Waals surface area contributed by atoms with Gasteiger partial charge in [-0.05, 0) is 86.2 Å². The van der Waals surface area contributed by atoms with E-state index in [-0.39, 0.29) is 38.3 Å². The Morgan fingerprint density at radius 2 is 1.15 bits per heavy atom. The third-order valence-electron chi connectivity index (χ3n) is 8.65. The fraction of sp³-hybridized carbons (Fsp3) is 0.483. The predicted molar refractivity (Wildman–Crippen MR) is 174 cm³/mol. The Morgan fingerprint density at radius 3 is 1.47 bits per heavy atom. The van der Waals surface area contributed by atoms with E-state index in [1.54, 1.807) is 0 Å². The van der Waals surface area contributed by atoms with Crippen molar-refractivity contribution in [3.8, 4) is 0 Å². The first-order valence-corrected chi connectivity index (χ1v) is 18.1. The van der Waals surface area contributed by atoms with Crippen molar-refractivity contribution in [3.63, 3.8) is 0 Å². The number of nitro groups is 2. The van der Waals surface area contributed by atoms with Gasteiger partial charge in [-0.3, -0.25) is 29.8 Å². The van der Waals surface area contributed by atoms with Crippen LogP contribution in [0.25, 0.3) is 0 Å². The second-order valence-electron chi connectivity index (χ2n) is 11.9. The van der Waals surface area contributed by atoms with Crippen LogP contribution in [0.2, 0.25) is 0 Å². The molecule has 2 aliphatic carbocycles. The Kier molecular flexibility index (Phi) is 11.5. The van der Waals surface area contributed by atoms with Gasteiger partial charge in [-0.15, -0.1) is 0 Å². The highest BCUT2D eigenvalue weighted by Gasteiger charge is 2.41. The molecule has 0 saturated heterocycles. The van der Waals surface area contributed by atoms with Crippen LogP contribution in [0.1, 0.15) is 84.2 Å². The molecule has 0 aliphatic heterocycles. The van der Waals surface area contributed by atoms with Gasteiger partial charge >= 0.3 is 0 Å². The normalized spacial score (nSPS) is 21.0. The monoisotopic (exact) mass is 713 g/mol. The number of aryl methyl sites for hydroxylation is 2. The van der Waals surface area contributed by atoms with Gasteiger partial charge in [0.05, 0.1) is 25.9 Å². The topological polar surface area (TPSA) is 253 Å². The fourth-order valence-corrected chi connectivity index (χ4v) is 11.0. The molecule has 0 spiro atoms. The number of benzene rings is 2. The molecular weight excluding hydrogens is 678 g/mol. The van der Waals surface area contributed by atoms with Gasteiger partial charge in [0, 0.05) is 17.7 Å². The number of nitrogens with zero attached hydrogens (tertiary/aromatic N) is 3. The number of carbonyl (C=O) groups is 2. The lowest BCUT2D eigenvalue weighted by molar-refractivity contribution is -0.388. The number of amides is 1. The smallest absolute Gasteiger partial charge is 0.288 e. The molecule has 0 bridgehead atoms. The average molecular weight is 714 g/mol. The third kappa shape index (κ3) is 7.96. The Balaban J connectivity index is 0.000000257. The van der Waals surface area contributed by atoms with Crippen molar-refractivity contribution >= 4 is 59.8 Å². The van der Waals surface area contributed by atoms with E-state index in [2.05, 4.69) is 4.99 Å². The summed E-state index contributed by atoms with van der Waals surface area (Å²) >= 11 is 5.39. The molecule has 1 amide bonds. The van der Waals surface area contributed by atoms with Crippen molar-refractivity contribution < 1.29 is 36.3 Å². The zero-order valence-corrected chi connectivity index (χ0v) is 28.5. The SMILES string of the molecule is Cc1cc(S(=O)(=O)C2CCCC2C)c([N+](=O)[O-])cc1C(=O)Cl.Cc1cc(S(=O)(=O)C2CCCC2C)c([N+](=O)[O-])cc1C(=O)N=C(N)N. The van der Waals surface area contributed by atoms with Crippen LogP contribution in [0, 0.1) is 45.9 Å². The first-order valence-electron chi connectivity index (χ1n) is 14.6. The Bertz CT molecular complexity index is 1880. The molecule has 18 heteroatoms. The summed E-state index contributed by atoms with van der Waals surface area (Å²) in [5.41, 5.74) is 9.48. The minimum absolute atomic E-state index is 0.0424. The number of sulfone groups is 2. The maximum absolute atomic E-state index is 12.9. The van der Waals surface area contributed by atoms with Gasteiger partial charge in [0.1, 0.15) is 9.79 Å². The van der Waals surface area contributed by atoms with Crippen molar-refractivity contribution in [1.82, 2.24) is 0 Å². The minimum Gasteiger partial charge on any atom is -0.370 e. The predicted octanol–water partition coefficient (Wildman–Crippen LogP) is 4.52. The van der Waals surface area contributed by atoms with Crippen LogP contribution >= 0.6 is 11.6 Å². The summed E-state index contributed by atoms with van der Waals surface area (Å²) in [6.45, 7) is 6.65. The zero-order valence-electron chi connectivity index (χ0n) is 26.1. The van der Waals surface area contributed by atoms with Gasteiger partial charge < -0.3 is 11.5 Å². The number of nitro benzene ring substituents is 2. The first kappa shape index (κ1) is 37.5. The summed E-state index contributed by atoms with van der Waals surface area (Å²) in [5.74, 6) is -1.46. The van der Waals surface area contributed by atoms with E-state index < -0.39 is 68.5 Å². The van der Waals surface area contributed by atoms with Crippen LogP contribution in [0.15, 0.2) is 39.0 Å². The van der Waals surface area contributed by atoms with Crippen molar-refractivity contribution in [2.24, 2.45) is 28.3 Å². The number of aliphatic imine (C=N–C) groups is 1. The van der Waals surface area contributed by atoms with E-state index in [9.17, 15) is 46.7 Å². The van der Waals surface area contributed by atoms with Gasteiger partial charge in [-0.1, -0.05) is 26.7 Å². The van der Waals surface area contributed by atoms with E-state index in [4.69, 9.17) is 23.1 Å². The zero-order chi connectivity index (χ0) is 35.6. The lowest BCUT2D eigenvalue weighted by atomic mass is 10.1. The van der Waals surface area contributed by atoms with E-state index in [0.29, 0.717) is 18.4 Å². The van der Waals surface area contributed by atoms with Crippen LogP contribution in [-0.4, -0.2) is 54.3 Å². The van der Waals surface area contributed by atoms with Gasteiger partial charge in [-0.2, -0.15) is 4.99 Å². The van der Waals surface area contributed by atoms with Crippen molar-refractivity contribution in [2.45, 2.75) is 86.5 Å². The minimum atomic E-state index is -3.89. The van der Waals surface area contributed by atoms with Crippen LogP contribution in [-0.2, 0) is 19.7 Å². The molecule has 0 heterocycles. The van der Waals surface area contributed by atoms with E-state index in [1.165, 1.54) is 19.9 Å². The van der Waals surface area contributed by atoms with Gasteiger partial charge in [-0.25, -0.2) is 16.8 Å². The molecule has 2 aromatic carbocycles. The number of rotatable bonds is 8. The van der Waals surface area contributed by atoms with Crippen LogP contribution in [0.5, 0.6) is 0 Å². The van der Waals surface area contributed by atoms with E-state index >= 15 is 0 Å². The summed E-state index contributed by atoms with van der Waals surface area (Å²) in [6.07, 6.45) is 4.06. The lowest BCUT2D eigenvalue weighted by Crippen LogP contribution is -2.25. The molecule has 47 heavy (non-hydrogen) atoms. The second kappa shape index (κ2) is 14.4. The molecule has 2 saturated carbocycles. The molecule has 256 valence electrons. The Hall–Kier alpha value is -3.96. The Labute approximate surface area is 276 Å². The quantitative estimate of drug-likeness (QED) is 0.126. The molecule has 4 rings (SSSR count). The third-order valence-corrected chi connectivity index (χ3v) is 13.7. The summed E-state index contributed by atoms with van der Waals surface area (Å²) in [4.78, 5) is 47.0. The Morgan fingerprint density at radius 1 is 0.766 bits per heavy atom. The van der Waals surface area contributed by atoms with Gasteiger partial charge in [0.25, 0.3) is 22.5 Å². The summed E-state index contributed by atoms with van der Waals surface area (Å²) in [6, 6.07) is 4.23. The number of carbonyl (C=O) groups excluding carboxylic acids is 2. The van der Waals surface area contributed by atoms with Gasteiger partial charge in [0.15, 0.2) is 25.6 Å². The molecule has 15 nitrogen and oxygen atoms in total. The number of nitrogens with two attached hydrogens (primary N) is 2. The number of guanidine groups is 1. The molecule has 0 radical (unpaired) electrons. The molecule has 4 N–H and O–H groups in total. The molecule has 2 fully saturated rings. The molecule has 4 atom stereocenters. The molecule has 2 aliphatic rings. The maximum Gasteiger partial charge on any atom is 0.288 e. The summed E-state index contributed by atoms with van der Waals surface area (Å²) < 4.78 is 51.4. The molecular formula is C29H36ClN5O10S2. The number of hydrogen-bond donors (Lipinski definition) is 2. The van der Waals surface area contributed by atoms with Crippen molar-refractivity contribution in [1.29, 1.82) is 0 Å². The molecule has 0 aromatic heterocycles. The van der Waals surface area contributed by atoms with Crippen LogP contribution in [0.4, 0.5) is 11.4 Å². The maximum atomic E-state index is 12.9. The van der Waals surface area contributed by atoms with Crippen molar-refractivity contribution in [3.05, 3.63) is 66.7 Å². The largest absolute Gasteiger partial charge is 0.370 e. The number of hydrogen-bond acceptors (Lipinski definition) is 10. The summed E-state index contributed by atoms with van der Waals surface area (Å²) in [5, 5.41) is 20.5. The highest BCUT2D eigenvalue weighted by molar-refractivity contribution is 7.92. The van der Waals surface area contributed by atoms with Gasteiger partial charge in [0.2, 0.25) is 0 Å². The fourth-order valence-electron chi connectivity index (χ4n) is 6.17. The van der Waals surface area contributed by atoms with Crippen LogP contribution < -0.4 is 11.5 Å².